The minimum absolute atomic E-state index is 0.0341. The van der Waals surface area contributed by atoms with Crippen LogP contribution in [0.25, 0.3) is 11.5 Å². The van der Waals surface area contributed by atoms with Crippen molar-refractivity contribution in [3.05, 3.63) is 42.3 Å². The Morgan fingerprint density at radius 3 is 3.04 bits per heavy atom. The van der Waals surface area contributed by atoms with Gasteiger partial charge in [0, 0.05) is 35.8 Å². The Hall–Kier alpha value is -1.79. The van der Waals surface area contributed by atoms with Gasteiger partial charge in [-0.3, -0.25) is 4.79 Å². The SMILES string of the molecule is O=C(c1coc(-c2ccccc2)n1)N1CCS[C@H]2COCC[C@H]21. The zero-order valence-electron chi connectivity index (χ0n) is 12.7. The van der Waals surface area contributed by atoms with Crippen LogP contribution in [0, 0.1) is 0 Å². The number of nitrogens with zero attached hydrogens (tertiary/aromatic N) is 2. The maximum Gasteiger partial charge on any atom is 0.276 e. The van der Waals surface area contributed by atoms with Crippen LogP contribution >= 0.6 is 11.8 Å². The largest absolute Gasteiger partial charge is 0.444 e. The van der Waals surface area contributed by atoms with E-state index < -0.39 is 0 Å². The highest BCUT2D eigenvalue weighted by Gasteiger charge is 2.38. The number of amides is 1. The summed E-state index contributed by atoms with van der Waals surface area (Å²) in [6.07, 6.45) is 2.37. The second-order valence-corrected chi connectivity index (χ2v) is 7.09. The van der Waals surface area contributed by atoms with Crippen molar-refractivity contribution in [2.75, 3.05) is 25.5 Å². The molecule has 0 spiro atoms. The molecule has 2 fully saturated rings. The van der Waals surface area contributed by atoms with Crippen LogP contribution in [0.2, 0.25) is 0 Å². The first kappa shape index (κ1) is 14.8. The van der Waals surface area contributed by atoms with E-state index in [2.05, 4.69) is 4.98 Å². The Kier molecular flexibility index (Phi) is 4.10. The summed E-state index contributed by atoms with van der Waals surface area (Å²) in [4.78, 5) is 19.2. The second-order valence-electron chi connectivity index (χ2n) is 5.74. The lowest BCUT2D eigenvalue weighted by atomic mass is 10.1. The molecular formula is C17H18N2O3S. The third kappa shape index (κ3) is 2.88. The van der Waals surface area contributed by atoms with Crippen LogP contribution in [-0.4, -0.2) is 52.6 Å². The monoisotopic (exact) mass is 330 g/mol. The topological polar surface area (TPSA) is 55.6 Å². The Morgan fingerprint density at radius 1 is 1.30 bits per heavy atom. The average Bonchev–Trinajstić information content (AvgIpc) is 3.11. The average molecular weight is 330 g/mol. The summed E-state index contributed by atoms with van der Waals surface area (Å²) >= 11 is 1.90. The molecule has 2 aliphatic heterocycles. The Labute approximate surface area is 139 Å². The molecule has 4 rings (SSSR count). The smallest absolute Gasteiger partial charge is 0.276 e. The maximum atomic E-state index is 12.9. The van der Waals surface area contributed by atoms with E-state index in [1.165, 1.54) is 6.26 Å². The molecule has 5 nitrogen and oxygen atoms in total. The van der Waals surface area contributed by atoms with E-state index in [1.807, 2.05) is 47.0 Å². The van der Waals surface area contributed by atoms with Crippen molar-refractivity contribution >= 4 is 17.7 Å². The van der Waals surface area contributed by atoms with Gasteiger partial charge in [0.15, 0.2) is 5.69 Å². The third-order valence-corrected chi connectivity index (χ3v) is 5.64. The summed E-state index contributed by atoms with van der Waals surface area (Å²) < 4.78 is 11.1. The number of oxazole rings is 1. The normalized spacial score (nSPS) is 24.3. The highest BCUT2D eigenvalue weighted by atomic mass is 32.2. The number of ether oxygens (including phenoxy) is 1. The minimum Gasteiger partial charge on any atom is -0.444 e. The molecule has 2 saturated heterocycles. The number of rotatable bonds is 2. The molecule has 0 radical (unpaired) electrons. The fourth-order valence-corrected chi connectivity index (χ4v) is 4.47. The first-order valence-electron chi connectivity index (χ1n) is 7.84. The van der Waals surface area contributed by atoms with Gasteiger partial charge in [0.05, 0.1) is 6.61 Å². The quantitative estimate of drug-likeness (QED) is 0.847. The van der Waals surface area contributed by atoms with Crippen LogP contribution in [0.1, 0.15) is 16.9 Å². The van der Waals surface area contributed by atoms with Crippen molar-refractivity contribution < 1.29 is 13.9 Å². The van der Waals surface area contributed by atoms with Gasteiger partial charge in [0.25, 0.3) is 5.91 Å². The Morgan fingerprint density at radius 2 is 2.17 bits per heavy atom. The molecule has 2 atom stereocenters. The number of carbonyl (C=O) groups excluding carboxylic acids is 1. The van der Waals surface area contributed by atoms with Crippen molar-refractivity contribution in [2.45, 2.75) is 17.7 Å². The van der Waals surface area contributed by atoms with E-state index in [0.717, 1.165) is 37.5 Å². The second kappa shape index (κ2) is 6.37. The Bertz CT molecular complexity index is 686. The van der Waals surface area contributed by atoms with Gasteiger partial charge in [-0.15, -0.1) is 0 Å². The van der Waals surface area contributed by atoms with E-state index in [4.69, 9.17) is 9.15 Å². The fourth-order valence-electron chi connectivity index (χ4n) is 3.17. The number of aromatic nitrogens is 1. The summed E-state index contributed by atoms with van der Waals surface area (Å²) in [5, 5.41) is 0.377. The predicted octanol–water partition coefficient (Wildman–Crippen LogP) is 2.69. The summed E-state index contributed by atoms with van der Waals surface area (Å²) in [7, 11) is 0. The molecule has 23 heavy (non-hydrogen) atoms. The predicted molar refractivity (Wildman–Crippen MR) is 88.4 cm³/mol. The molecule has 1 amide bonds. The van der Waals surface area contributed by atoms with Gasteiger partial charge >= 0.3 is 0 Å². The molecule has 2 aromatic rings. The minimum atomic E-state index is -0.0341. The summed E-state index contributed by atoms with van der Waals surface area (Å²) in [6.45, 7) is 2.21. The van der Waals surface area contributed by atoms with E-state index in [9.17, 15) is 4.79 Å². The summed E-state index contributed by atoms with van der Waals surface area (Å²) in [5.74, 6) is 1.40. The summed E-state index contributed by atoms with van der Waals surface area (Å²) in [5.41, 5.74) is 1.27. The van der Waals surface area contributed by atoms with Gasteiger partial charge in [0.2, 0.25) is 5.89 Å². The van der Waals surface area contributed by atoms with E-state index in [1.54, 1.807) is 0 Å². The maximum absolute atomic E-state index is 12.9. The van der Waals surface area contributed by atoms with E-state index >= 15 is 0 Å². The molecule has 1 aromatic heterocycles. The zero-order valence-corrected chi connectivity index (χ0v) is 13.5. The fraction of sp³-hybridized carbons (Fsp3) is 0.412. The molecule has 3 heterocycles. The van der Waals surface area contributed by atoms with E-state index in [0.29, 0.717) is 16.8 Å². The Balaban J connectivity index is 1.56. The lowest BCUT2D eigenvalue weighted by Crippen LogP contribution is -2.54. The van der Waals surface area contributed by atoms with Crippen LogP contribution in [0.5, 0.6) is 0 Å². The lowest BCUT2D eigenvalue weighted by molar-refractivity contribution is 0.0315. The molecule has 1 aromatic carbocycles. The number of hydrogen-bond acceptors (Lipinski definition) is 5. The van der Waals surface area contributed by atoms with Crippen LogP contribution in [-0.2, 0) is 4.74 Å². The molecule has 0 N–H and O–H groups in total. The van der Waals surface area contributed by atoms with Crippen LogP contribution in [0.15, 0.2) is 41.0 Å². The van der Waals surface area contributed by atoms with Gasteiger partial charge in [-0.25, -0.2) is 4.98 Å². The van der Waals surface area contributed by atoms with Crippen molar-refractivity contribution in [3.63, 3.8) is 0 Å². The van der Waals surface area contributed by atoms with Crippen molar-refractivity contribution in [2.24, 2.45) is 0 Å². The molecule has 120 valence electrons. The van der Waals surface area contributed by atoms with Crippen LogP contribution in [0.3, 0.4) is 0 Å². The third-order valence-electron chi connectivity index (χ3n) is 4.34. The number of carbonyl (C=O) groups is 1. The zero-order chi connectivity index (χ0) is 15.6. The molecule has 0 aliphatic carbocycles. The van der Waals surface area contributed by atoms with Crippen LogP contribution in [0.4, 0.5) is 0 Å². The van der Waals surface area contributed by atoms with Crippen molar-refractivity contribution in [1.29, 1.82) is 0 Å². The molecular weight excluding hydrogens is 312 g/mol. The number of hydrogen-bond donors (Lipinski definition) is 0. The van der Waals surface area contributed by atoms with Crippen LogP contribution < -0.4 is 0 Å². The first-order chi connectivity index (χ1) is 11.3. The number of fused-ring (bicyclic) bond motifs is 1. The molecule has 6 heteroatoms. The lowest BCUT2D eigenvalue weighted by Gasteiger charge is -2.43. The number of benzene rings is 1. The van der Waals surface area contributed by atoms with E-state index in [-0.39, 0.29) is 11.9 Å². The molecule has 0 unspecified atom stereocenters. The molecule has 0 saturated carbocycles. The van der Waals surface area contributed by atoms with Gasteiger partial charge in [-0.1, -0.05) is 18.2 Å². The highest BCUT2D eigenvalue weighted by Crippen LogP contribution is 2.31. The number of thioether (sulfide) groups is 1. The summed E-state index contributed by atoms with van der Waals surface area (Å²) in [6, 6.07) is 9.88. The van der Waals surface area contributed by atoms with Gasteiger partial charge in [0.1, 0.15) is 6.26 Å². The van der Waals surface area contributed by atoms with Crippen molar-refractivity contribution in [3.8, 4) is 11.5 Å². The van der Waals surface area contributed by atoms with Gasteiger partial charge in [-0.2, -0.15) is 11.8 Å². The van der Waals surface area contributed by atoms with Gasteiger partial charge < -0.3 is 14.1 Å². The standard InChI is InChI=1S/C17H18N2O3S/c20-17(19-7-9-23-15-11-21-8-6-14(15)19)13-10-22-16(18-13)12-4-2-1-3-5-12/h1-5,10,14-15H,6-9,11H2/t14-,15+/m1/s1. The molecule has 0 bridgehead atoms. The van der Waals surface area contributed by atoms with Crippen molar-refractivity contribution in [1.82, 2.24) is 9.88 Å². The first-order valence-corrected chi connectivity index (χ1v) is 8.89. The molecule has 2 aliphatic rings. The van der Waals surface area contributed by atoms with Gasteiger partial charge in [-0.05, 0) is 18.6 Å². The highest BCUT2D eigenvalue weighted by molar-refractivity contribution is 8.00.